The first-order valence-corrected chi connectivity index (χ1v) is 5.69. The van der Waals surface area contributed by atoms with Crippen LogP contribution in [0, 0.1) is 0 Å². The number of methoxy groups -OCH3 is 1. The van der Waals surface area contributed by atoms with Gasteiger partial charge in [0, 0.05) is 12.8 Å². The molecule has 17 heavy (non-hydrogen) atoms. The van der Waals surface area contributed by atoms with Crippen molar-refractivity contribution < 1.29 is 14.6 Å². The van der Waals surface area contributed by atoms with Gasteiger partial charge in [0.05, 0.1) is 6.10 Å². The summed E-state index contributed by atoms with van der Waals surface area (Å²) in [6.45, 7) is 3.81. The average Bonchev–Trinajstić information content (AvgIpc) is 2.35. The van der Waals surface area contributed by atoms with E-state index in [1.165, 1.54) is 12.7 Å². The molecule has 2 N–H and O–H groups in total. The third kappa shape index (κ3) is 3.75. The summed E-state index contributed by atoms with van der Waals surface area (Å²) in [5.74, 6) is -0.918. The predicted molar refractivity (Wildman–Crippen MR) is 67.3 cm³/mol. The zero-order valence-corrected chi connectivity index (χ0v) is 10.4. The highest BCUT2D eigenvalue weighted by Crippen LogP contribution is 2.13. The minimum Gasteiger partial charge on any atom is -0.480 e. The van der Waals surface area contributed by atoms with Gasteiger partial charge in [0.1, 0.15) is 0 Å². The first-order valence-electron chi connectivity index (χ1n) is 5.69. The van der Waals surface area contributed by atoms with Crippen molar-refractivity contribution in [1.29, 1.82) is 0 Å². The van der Waals surface area contributed by atoms with E-state index >= 15 is 0 Å². The quantitative estimate of drug-likeness (QED) is 0.796. The van der Waals surface area contributed by atoms with Gasteiger partial charge in [-0.3, -0.25) is 0 Å². The summed E-state index contributed by atoms with van der Waals surface area (Å²) in [4.78, 5) is 11.1. The van der Waals surface area contributed by atoms with Crippen molar-refractivity contribution in [2.75, 3.05) is 12.4 Å². The largest absolute Gasteiger partial charge is 0.480 e. The van der Waals surface area contributed by atoms with Crippen LogP contribution in [0.2, 0.25) is 0 Å². The van der Waals surface area contributed by atoms with Crippen LogP contribution in [0.15, 0.2) is 24.3 Å². The Morgan fingerprint density at radius 3 is 2.41 bits per heavy atom. The van der Waals surface area contributed by atoms with Crippen LogP contribution in [0.3, 0.4) is 0 Å². The second kappa shape index (κ2) is 6.25. The number of benzene rings is 1. The lowest BCUT2D eigenvalue weighted by atomic mass is 10.1. The van der Waals surface area contributed by atoms with Gasteiger partial charge in [0.25, 0.3) is 0 Å². The van der Waals surface area contributed by atoms with Crippen molar-refractivity contribution in [1.82, 2.24) is 0 Å². The number of carbonyl (C=O) groups is 1. The number of rotatable bonds is 6. The average molecular weight is 237 g/mol. The molecule has 1 aromatic rings. The van der Waals surface area contributed by atoms with Crippen LogP contribution in [-0.4, -0.2) is 30.3 Å². The number of hydrogen-bond donors (Lipinski definition) is 2. The minimum atomic E-state index is -0.918. The molecule has 0 aromatic heterocycles. The van der Waals surface area contributed by atoms with Crippen LogP contribution in [-0.2, 0) is 16.0 Å². The summed E-state index contributed by atoms with van der Waals surface area (Å²) in [7, 11) is 1.50. The van der Waals surface area contributed by atoms with Gasteiger partial charge in [-0.25, -0.2) is 4.79 Å². The topological polar surface area (TPSA) is 58.6 Å². The van der Waals surface area contributed by atoms with Gasteiger partial charge in [-0.1, -0.05) is 19.1 Å². The Morgan fingerprint density at radius 2 is 2.00 bits per heavy atom. The Balaban J connectivity index is 2.75. The van der Waals surface area contributed by atoms with Crippen molar-refractivity contribution in [3.63, 3.8) is 0 Å². The molecule has 4 heteroatoms. The Morgan fingerprint density at radius 1 is 1.41 bits per heavy atom. The van der Waals surface area contributed by atoms with Gasteiger partial charge in [-0.15, -0.1) is 0 Å². The molecule has 0 bridgehead atoms. The van der Waals surface area contributed by atoms with Gasteiger partial charge in [0.15, 0.2) is 6.04 Å². The van der Waals surface area contributed by atoms with E-state index in [4.69, 9.17) is 9.84 Å². The van der Waals surface area contributed by atoms with Gasteiger partial charge in [0.2, 0.25) is 0 Å². The van der Waals surface area contributed by atoms with E-state index in [1.54, 1.807) is 6.92 Å². The van der Waals surface area contributed by atoms with E-state index in [0.29, 0.717) is 0 Å². The second-order valence-electron chi connectivity index (χ2n) is 3.95. The molecule has 0 heterocycles. The fourth-order valence-corrected chi connectivity index (χ4v) is 1.53. The van der Waals surface area contributed by atoms with Crippen LogP contribution in [0.4, 0.5) is 5.69 Å². The molecule has 0 amide bonds. The standard InChI is InChI=1S/C13H19NO3/c1-4-10-5-7-11(8-6-10)14-12(13(15)16)9(2)17-3/h5-9,12,14H,4H2,1-3H3,(H,15,16). The molecule has 2 unspecified atom stereocenters. The number of anilines is 1. The molecule has 0 radical (unpaired) electrons. The summed E-state index contributed by atoms with van der Waals surface area (Å²) < 4.78 is 5.05. The van der Waals surface area contributed by atoms with Crippen molar-refractivity contribution >= 4 is 11.7 Å². The molecular weight excluding hydrogens is 218 g/mol. The number of hydrogen-bond acceptors (Lipinski definition) is 3. The number of ether oxygens (including phenoxy) is 1. The molecule has 0 spiro atoms. The van der Waals surface area contributed by atoms with Crippen molar-refractivity contribution in [3.05, 3.63) is 29.8 Å². The maximum Gasteiger partial charge on any atom is 0.328 e. The second-order valence-corrected chi connectivity index (χ2v) is 3.95. The van der Waals surface area contributed by atoms with Crippen molar-refractivity contribution in [2.45, 2.75) is 32.4 Å². The molecule has 4 nitrogen and oxygen atoms in total. The summed E-state index contributed by atoms with van der Waals surface area (Å²) in [6, 6.07) is 7.00. The summed E-state index contributed by atoms with van der Waals surface area (Å²) in [5.41, 5.74) is 2.01. The number of aliphatic carboxylic acids is 1. The van der Waals surface area contributed by atoms with Crippen molar-refractivity contribution in [2.24, 2.45) is 0 Å². The monoisotopic (exact) mass is 237 g/mol. The number of carboxylic acids is 1. The molecule has 0 aliphatic rings. The predicted octanol–water partition coefficient (Wildman–Crippen LogP) is 2.15. The van der Waals surface area contributed by atoms with Gasteiger partial charge >= 0.3 is 5.97 Å². The van der Waals surface area contributed by atoms with E-state index in [0.717, 1.165) is 12.1 Å². The Kier molecular flexibility index (Phi) is 4.97. The van der Waals surface area contributed by atoms with Crippen LogP contribution in [0.5, 0.6) is 0 Å². The molecule has 1 aromatic carbocycles. The third-order valence-electron chi connectivity index (χ3n) is 2.79. The number of aryl methyl sites for hydroxylation is 1. The highest BCUT2D eigenvalue weighted by atomic mass is 16.5. The number of carboxylic acid groups (broad SMARTS) is 1. The van der Waals surface area contributed by atoms with E-state index in [-0.39, 0.29) is 0 Å². The minimum absolute atomic E-state index is 0.390. The van der Waals surface area contributed by atoms with Crippen LogP contribution >= 0.6 is 0 Å². The lowest BCUT2D eigenvalue weighted by Gasteiger charge is -2.21. The highest BCUT2D eigenvalue weighted by molar-refractivity contribution is 5.78. The van der Waals surface area contributed by atoms with E-state index < -0.39 is 18.1 Å². The molecule has 0 saturated heterocycles. The normalized spacial score (nSPS) is 14.1. The van der Waals surface area contributed by atoms with E-state index in [1.807, 2.05) is 24.3 Å². The molecule has 0 aliphatic carbocycles. The van der Waals surface area contributed by atoms with Gasteiger partial charge in [-0.2, -0.15) is 0 Å². The fraction of sp³-hybridized carbons (Fsp3) is 0.462. The van der Waals surface area contributed by atoms with Gasteiger partial charge in [-0.05, 0) is 31.0 Å². The van der Waals surface area contributed by atoms with E-state index in [2.05, 4.69) is 12.2 Å². The van der Waals surface area contributed by atoms with Crippen LogP contribution in [0.25, 0.3) is 0 Å². The first-order chi connectivity index (χ1) is 8.08. The summed E-state index contributed by atoms with van der Waals surface area (Å²) >= 11 is 0. The van der Waals surface area contributed by atoms with Crippen molar-refractivity contribution in [3.8, 4) is 0 Å². The smallest absolute Gasteiger partial charge is 0.328 e. The Bertz CT molecular complexity index is 361. The third-order valence-corrected chi connectivity index (χ3v) is 2.79. The summed E-state index contributed by atoms with van der Waals surface area (Å²) in [5, 5.41) is 12.1. The lowest BCUT2D eigenvalue weighted by Crippen LogP contribution is -2.40. The molecular formula is C13H19NO3. The molecule has 0 saturated carbocycles. The number of nitrogens with one attached hydrogen (secondary N) is 1. The molecule has 0 aliphatic heterocycles. The molecule has 0 fully saturated rings. The highest BCUT2D eigenvalue weighted by Gasteiger charge is 2.24. The fourth-order valence-electron chi connectivity index (χ4n) is 1.53. The van der Waals surface area contributed by atoms with Crippen LogP contribution in [0.1, 0.15) is 19.4 Å². The SMILES string of the molecule is CCc1ccc(NC(C(=O)O)C(C)OC)cc1. The first kappa shape index (κ1) is 13.5. The maximum atomic E-state index is 11.1. The maximum absolute atomic E-state index is 11.1. The van der Waals surface area contributed by atoms with Crippen LogP contribution < -0.4 is 5.32 Å². The molecule has 94 valence electrons. The zero-order chi connectivity index (χ0) is 12.8. The Labute approximate surface area is 102 Å². The molecule has 1 rings (SSSR count). The lowest BCUT2D eigenvalue weighted by molar-refractivity contribution is -0.140. The van der Waals surface area contributed by atoms with Gasteiger partial charge < -0.3 is 15.2 Å². The molecule has 2 atom stereocenters. The van der Waals surface area contributed by atoms with E-state index in [9.17, 15) is 4.79 Å². The zero-order valence-electron chi connectivity index (χ0n) is 10.4. The summed E-state index contributed by atoms with van der Waals surface area (Å²) in [6.07, 6.45) is 0.579. The Hall–Kier alpha value is -1.55.